The van der Waals surface area contributed by atoms with Crippen LogP contribution in [0.5, 0.6) is 0 Å². The zero-order chi connectivity index (χ0) is 7.56. The lowest BCUT2D eigenvalue weighted by atomic mass is 10.4. The number of hydrogen-bond donors (Lipinski definition) is 1. The molecule has 1 fully saturated rings. The van der Waals surface area contributed by atoms with Crippen LogP contribution >= 0.6 is 15.9 Å². The van der Waals surface area contributed by atoms with E-state index in [2.05, 4.69) is 21.2 Å². The quantitative estimate of drug-likeness (QED) is 0.413. The van der Waals surface area contributed by atoms with Crippen molar-refractivity contribution in [1.82, 2.24) is 5.32 Å². The summed E-state index contributed by atoms with van der Waals surface area (Å²) in [6, 6.07) is 0. The predicted molar refractivity (Wildman–Crippen MR) is 39.6 cm³/mol. The molecule has 0 aromatic heterocycles. The molecule has 1 amide bonds. The van der Waals surface area contributed by atoms with E-state index >= 15 is 0 Å². The molecule has 1 unspecified atom stereocenters. The highest BCUT2D eigenvalue weighted by atomic mass is 79.9. The first-order valence-corrected chi connectivity index (χ1v) is 4.05. The second-order valence-corrected chi connectivity index (χ2v) is 3.31. The van der Waals surface area contributed by atoms with Crippen LogP contribution in [0.25, 0.3) is 0 Å². The summed E-state index contributed by atoms with van der Waals surface area (Å²) in [5.74, 6) is 0.147. The maximum atomic E-state index is 10.9. The van der Waals surface area contributed by atoms with Crippen molar-refractivity contribution in [3.8, 4) is 0 Å². The zero-order valence-corrected chi connectivity index (χ0v) is 6.93. The maximum Gasteiger partial charge on any atom is 0.224 e. The van der Waals surface area contributed by atoms with E-state index in [1.54, 1.807) is 0 Å². The third-order valence-corrected chi connectivity index (χ3v) is 1.79. The standard InChI is InChI=1S/C6H8BrNO2/c7-5(3-9)8-6(10)4-1-2-4/h3-5H,1-2H2,(H,8,10). The van der Waals surface area contributed by atoms with Crippen LogP contribution in [0, 0.1) is 5.92 Å². The fourth-order valence-corrected chi connectivity index (χ4v) is 0.859. The molecule has 0 bridgehead atoms. The first-order chi connectivity index (χ1) is 4.74. The summed E-state index contributed by atoms with van der Waals surface area (Å²) in [6.45, 7) is 0. The molecular weight excluding hydrogens is 198 g/mol. The normalized spacial score (nSPS) is 19.7. The molecule has 10 heavy (non-hydrogen) atoms. The fourth-order valence-electron chi connectivity index (χ4n) is 0.633. The highest BCUT2D eigenvalue weighted by Crippen LogP contribution is 2.28. The average Bonchev–Trinajstić information content (AvgIpc) is 2.68. The highest BCUT2D eigenvalue weighted by Gasteiger charge is 2.30. The number of amides is 1. The van der Waals surface area contributed by atoms with Crippen molar-refractivity contribution in [3.05, 3.63) is 0 Å². The third kappa shape index (κ3) is 2.10. The molecule has 1 rings (SSSR count). The molecular formula is C6H8BrNO2. The van der Waals surface area contributed by atoms with E-state index in [-0.39, 0.29) is 11.8 Å². The lowest BCUT2D eigenvalue weighted by molar-refractivity contribution is -0.123. The fraction of sp³-hybridized carbons (Fsp3) is 0.667. The van der Waals surface area contributed by atoms with Crippen LogP contribution in [0.3, 0.4) is 0 Å². The van der Waals surface area contributed by atoms with Crippen LogP contribution in [0.4, 0.5) is 0 Å². The minimum atomic E-state index is -0.513. The Morgan fingerprint density at radius 2 is 2.30 bits per heavy atom. The second kappa shape index (κ2) is 3.14. The first kappa shape index (κ1) is 7.72. The second-order valence-electron chi connectivity index (χ2n) is 2.32. The molecule has 1 aliphatic rings. The summed E-state index contributed by atoms with van der Waals surface area (Å²) >= 11 is 2.97. The molecule has 0 aromatic carbocycles. The Kier molecular flexibility index (Phi) is 2.43. The van der Waals surface area contributed by atoms with E-state index in [0.717, 1.165) is 12.8 Å². The van der Waals surface area contributed by atoms with Crippen molar-refractivity contribution in [2.24, 2.45) is 5.92 Å². The number of nitrogens with one attached hydrogen (secondary N) is 1. The van der Waals surface area contributed by atoms with Gasteiger partial charge in [-0.3, -0.25) is 4.79 Å². The number of aldehydes is 1. The molecule has 0 spiro atoms. The lowest BCUT2D eigenvalue weighted by Gasteiger charge is -2.02. The first-order valence-electron chi connectivity index (χ1n) is 3.14. The van der Waals surface area contributed by atoms with Crippen molar-refractivity contribution in [2.75, 3.05) is 0 Å². The van der Waals surface area contributed by atoms with Crippen LogP contribution in [0.2, 0.25) is 0 Å². The molecule has 0 saturated heterocycles. The number of carbonyl (C=O) groups is 2. The minimum absolute atomic E-state index is 0.0195. The topological polar surface area (TPSA) is 46.2 Å². The molecule has 1 N–H and O–H groups in total. The minimum Gasteiger partial charge on any atom is -0.337 e. The molecule has 0 radical (unpaired) electrons. The Balaban J connectivity index is 2.22. The van der Waals surface area contributed by atoms with Gasteiger partial charge in [0, 0.05) is 5.92 Å². The summed E-state index contributed by atoms with van der Waals surface area (Å²) in [7, 11) is 0. The molecule has 56 valence electrons. The van der Waals surface area contributed by atoms with Gasteiger partial charge in [0.15, 0.2) is 6.29 Å². The number of alkyl halides is 1. The molecule has 4 heteroatoms. The lowest BCUT2D eigenvalue weighted by Crippen LogP contribution is -2.32. The van der Waals surface area contributed by atoms with Crippen LogP contribution in [-0.4, -0.2) is 17.1 Å². The van der Waals surface area contributed by atoms with Crippen LogP contribution in [0.15, 0.2) is 0 Å². The predicted octanol–water partition coefficient (Wildman–Crippen LogP) is 0.432. The van der Waals surface area contributed by atoms with Gasteiger partial charge in [0.2, 0.25) is 5.91 Å². The zero-order valence-electron chi connectivity index (χ0n) is 5.34. The van der Waals surface area contributed by atoms with Crippen LogP contribution in [-0.2, 0) is 9.59 Å². The van der Waals surface area contributed by atoms with Crippen molar-refractivity contribution >= 4 is 28.1 Å². The smallest absolute Gasteiger partial charge is 0.224 e. The number of carbonyl (C=O) groups excluding carboxylic acids is 2. The van der Waals surface area contributed by atoms with Gasteiger partial charge in [-0.2, -0.15) is 0 Å². The van der Waals surface area contributed by atoms with Gasteiger partial charge in [-0.05, 0) is 12.8 Å². The monoisotopic (exact) mass is 205 g/mol. The van der Waals surface area contributed by atoms with E-state index in [4.69, 9.17) is 0 Å². The largest absolute Gasteiger partial charge is 0.337 e. The number of halogens is 1. The van der Waals surface area contributed by atoms with Crippen molar-refractivity contribution in [1.29, 1.82) is 0 Å². The van der Waals surface area contributed by atoms with Gasteiger partial charge >= 0.3 is 0 Å². The summed E-state index contributed by atoms with van der Waals surface area (Å²) < 4.78 is 0. The van der Waals surface area contributed by atoms with Gasteiger partial charge in [0.1, 0.15) is 4.95 Å². The summed E-state index contributed by atoms with van der Waals surface area (Å²) in [5, 5.41) is 2.50. The SMILES string of the molecule is O=CC(Br)NC(=O)C1CC1. The third-order valence-electron chi connectivity index (χ3n) is 1.35. The Hall–Kier alpha value is -0.380. The molecule has 0 aliphatic heterocycles. The van der Waals surface area contributed by atoms with Gasteiger partial charge < -0.3 is 10.1 Å². The molecule has 0 aromatic rings. The van der Waals surface area contributed by atoms with Crippen LogP contribution in [0.1, 0.15) is 12.8 Å². The van der Waals surface area contributed by atoms with E-state index in [1.165, 1.54) is 0 Å². The molecule has 1 aliphatic carbocycles. The maximum absolute atomic E-state index is 10.9. The van der Waals surface area contributed by atoms with Crippen molar-refractivity contribution < 1.29 is 9.59 Å². The van der Waals surface area contributed by atoms with Gasteiger partial charge in [0.05, 0.1) is 0 Å². The highest BCUT2D eigenvalue weighted by molar-refractivity contribution is 9.09. The van der Waals surface area contributed by atoms with Gasteiger partial charge in [-0.1, -0.05) is 15.9 Å². The van der Waals surface area contributed by atoms with Gasteiger partial charge in [-0.25, -0.2) is 0 Å². The molecule has 1 saturated carbocycles. The van der Waals surface area contributed by atoms with Gasteiger partial charge in [0.25, 0.3) is 0 Å². The Labute approximate surface area is 67.3 Å². The summed E-state index contributed by atoms with van der Waals surface area (Å²) in [4.78, 5) is 20.4. The van der Waals surface area contributed by atoms with Gasteiger partial charge in [-0.15, -0.1) is 0 Å². The van der Waals surface area contributed by atoms with Crippen molar-refractivity contribution in [2.45, 2.75) is 17.8 Å². The molecule has 3 nitrogen and oxygen atoms in total. The average molecular weight is 206 g/mol. The molecule has 1 atom stereocenters. The van der Waals surface area contributed by atoms with Crippen molar-refractivity contribution in [3.63, 3.8) is 0 Å². The molecule has 0 heterocycles. The van der Waals surface area contributed by atoms with E-state index in [1.807, 2.05) is 0 Å². The van der Waals surface area contributed by atoms with E-state index in [9.17, 15) is 9.59 Å². The number of rotatable bonds is 3. The Bertz CT molecular complexity index is 156. The summed E-state index contributed by atoms with van der Waals surface area (Å²) in [5.41, 5.74) is 0. The Morgan fingerprint density at radius 3 is 2.70 bits per heavy atom. The van der Waals surface area contributed by atoms with E-state index in [0.29, 0.717) is 6.29 Å². The van der Waals surface area contributed by atoms with E-state index < -0.39 is 4.95 Å². The Morgan fingerprint density at radius 1 is 1.70 bits per heavy atom. The summed E-state index contributed by atoms with van der Waals surface area (Å²) in [6.07, 6.45) is 2.58. The van der Waals surface area contributed by atoms with Crippen LogP contribution < -0.4 is 5.32 Å². The number of hydrogen-bond acceptors (Lipinski definition) is 2.